The molecule has 5 heteroatoms. The number of aromatic nitrogens is 2. The highest BCUT2D eigenvalue weighted by Gasteiger charge is 1.99. The van der Waals surface area contributed by atoms with E-state index in [0.717, 1.165) is 17.9 Å². The molecule has 0 aliphatic heterocycles. The Morgan fingerprint density at radius 1 is 1.44 bits per heavy atom. The van der Waals surface area contributed by atoms with Crippen molar-refractivity contribution < 1.29 is 9.52 Å². The van der Waals surface area contributed by atoms with Gasteiger partial charge in [0.05, 0.1) is 32.2 Å². The van der Waals surface area contributed by atoms with Gasteiger partial charge in [-0.3, -0.25) is 4.68 Å². The molecule has 0 amide bonds. The van der Waals surface area contributed by atoms with Crippen LogP contribution in [0.2, 0.25) is 0 Å². The monoisotopic (exact) mass is 221 g/mol. The summed E-state index contributed by atoms with van der Waals surface area (Å²) in [6.07, 6.45) is 5.38. The van der Waals surface area contributed by atoms with Crippen molar-refractivity contribution in [2.45, 2.75) is 19.6 Å². The van der Waals surface area contributed by atoms with Crippen LogP contribution in [0.5, 0.6) is 0 Å². The summed E-state index contributed by atoms with van der Waals surface area (Å²) in [6.45, 7) is 2.10. The molecule has 0 fully saturated rings. The zero-order valence-electron chi connectivity index (χ0n) is 8.97. The quantitative estimate of drug-likeness (QED) is 0.756. The molecule has 2 aromatic heterocycles. The van der Waals surface area contributed by atoms with Gasteiger partial charge in [0.2, 0.25) is 0 Å². The maximum Gasteiger partial charge on any atom is 0.117 e. The molecule has 0 radical (unpaired) electrons. The Morgan fingerprint density at radius 2 is 2.38 bits per heavy atom. The summed E-state index contributed by atoms with van der Waals surface area (Å²) >= 11 is 0. The number of nitrogens with zero attached hydrogens (tertiary/aromatic N) is 2. The minimum absolute atomic E-state index is 0.112. The van der Waals surface area contributed by atoms with Crippen LogP contribution in [0.3, 0.4) is 0 Å². The van der Waals surface area contributed by atoms with Crippen molar-refractivity contribution in [3.05, 3.63) is 42.1 Å². The molecule has 0 aliphatic rings. The maximum absolute atomic E-state index is 8.74. The van der Waals surface area contributed by atoms with Crippen molar-refractivity contribution >= 4 is 0 Å². The normalized spacial score (nSPS) is 10.8. The van der Waals surface area contributed by atoms with E-state index in [-0.39, 0.29) is 6.61 Å². The van der Waals surface area contributed by atoms with E-state index in [2.05, 4.69) is 10.4 Å². The van der Waals surface area contributed by atoms with Crippen LogP contribution < -0.4 is 5.32 Å². The van der Waals surface area contributed by atoms with Gasteiger partial charge in [-0.2, -0.15) is 5.10 Å². The van der Waals surface area contributed by atoms with Gasteiger partial charge in [-0.25, -0.2) is 0 Å². The molecule has 2 aromatic rings. The molecule has 0 unspecified atom stereocenters. The zero-order chi connectivity index (χ0) is 11.2. The standard InChI is InChI=1S/C11H15N3O2/c15-4-3-14-9-10(7-13-14)6-12-8-11-2-1-5-16-11/h1-2,5,7,9,12,15H,3-4,6,8H2. The van der Waals surface area contributed by atoms with Gasteiger partial charge >= 0.3 is 0 Å². The van der Waals surface area contributed by atoms with E-state index in [0.29, 0.717) is 13.1 Å². The van der Waals surface area contributed by atoms with E-state index in [1.807, 2.05) is 18.3 Å². The molecule has 16 heavy (non-hydrogen) atoms. The van der Waals surface area contributed by atoms with Crippen LogP contribution in [0.25, 0.3) is 0 Å². The van der Waals surface area contributed by atoms with Gasteiger partial charge < -0.3 is 14.8 Å². The fourth-order valence-corrected chi connectivity index (χ4v) is 1.47. The first-order chi connectivity index (χ1) is 7.88. The second-order valence-electron chi connectivity index (χ2n) is 3.52. The van der Waals surface area contributed by atoms with E-state index in [4.69, 9.17) is 9.52 Å². The van der Waals surface area contributed by atoms with Gasteiger partial charge in [-0.05, 0) is 12.1 Å². The number of aliphatic hydroxyl groups excluding tert-OH is 1. The molecule has 0 saturated heterocycles. The van der Waals surface area contributed by atoms with Crippen LogP contribution in [-0.2, 0) is 19.6 Å². The fourth-order valence-electron chi connectivity index (χ4n) is 1.47. The Balaban J connectivity index is 1.76. The number of furan rings is 1. The van der Waals surface area contributed by atoms with Gasteiger partial charge in [0.25, 0.3) is 0 Å². The number of rotatable bonds is 6. The maximum atomic E-state index is 8.74. The minimum Gasteiger partial charge on any atom is -0.468 e. The Hall–Kier alpha value is -1.59. The van der Waals surface area contributed by atoms with Crippen LogP contribution >= 0.6 is 0 Å². The Morgan fingerprint density at radius 3 is 3.12 bits per heavy atom. The predicted octanol–water partition coefficient (Wildman–Crippen LogP) is 0.758. The van der Waals surface area contributed by atoms with E-state index < -0.39 is 0 Å². The minimum atomic E-state index is 0.112. The predicted molar refractivity (Wildman–Crippen MR) is 58.6 cm³/mol. The smallest absolute Gasteiger partial charge is 0.117 e. The largest absolute Gasteiger partial charge is 0.468 e. The van der Waals surface area contributed by atoms with Crippen molar-refractivity contribution in [1.29, 1.82) is 0 Å². The van der Waals surface area contributed by atoms with Gasteiger partial charge in [0.1, 0.15) is 5.76 Å². The van der Waals surface area contributed by atoms with Crippen molar-refractivity contribution in [3.8, 4) is 0 Å². The Kier molecular flexibility index (Phi) is 3.74. The van der Waals surface area contributed by atoms with E-state index in [1.54, 1.807) is 17.1 Å². The second-order valence-corrected chi connectivity index (χ2v) is 3.52. The third kappa shape index (κ3) is 2.95. The fraction of sp³-hybridized carbons (Fsp3) is 0.364. The molecular formula is C11H15N3O2. The summed E-state index contributed by atoms with van der Waals surface area (Å²) in [4.78, 5) is 0. The Labute approximate surface area is 93.7 Å². The van der Waals surface area contributed by atoms with Gasteiger partial charge in [0.15, 0.2) is 0 Å². The molecule has 2 N–H and O–H groups in total. The first-order valence-corrected chi connectivity index (χ1v) is 5.24. The molecule has 0 aliphatic carbocycles. The van der Waals surface area contributed by atoms with Crippen molar-refractivity contribution in [2.24, 2.45) is 0 Å². The molecule has 0 saturated carbocycles. The number of hydrogen-bond acceptors (Lipinski definition) is 4. The molecule has 86 valence electrons. The lowest BCUT2D eigenvalue weighted by Crippen LogP contribution is -2.11. The lowest BCUT2D eigenvalue weighted by Gasteiger charge is -1.99. The highest BCUT2D eigenvalue weighted by molar-refractivity contribution is 5.04. The first kappa shape index (κ1) is 10.9. The number of hydrogen-bond donors (Lipinski definition) is 2. The van der Waals surface area contributed by atoms with E-state index >= 15 is 0 Å². The van der Waals surface area contributed by atoms with Crippen LogP contribution in [0.15, 0.2) is 35.2 Å². The van der Waals surface area contributed by atoms with Crippen LogP contribution in [0, 0.1) is 0 Å². The van der Waals surface area contributed by atoms with Crippen molar-refractivity contribution in [3.63, 3.8) is 0 Å². The Bertz CT molecular complexity index is 409. The van der Waals surface area contributed by atoms with Gasteiger partial charge in [0, 0.05) is 18.3 Å². The molecule has 2 rings (SSSR count). The lowest BCUT2D eigenvalue weighted by molar-refractivity contribution is 0.269. The SMILES string of the molecule is OCCn1cc(CNCc2ccco2)cn1. The summed E-state index contributed by atoms with van der Waals surface area (Å²) in [5.41, 5.74) is 1.10. The molecule has 5 nitrogen and oxygen atoms in total. The average molecular weight is 221 g/mol. The third-order valence-corrected chi connectivity index (χ3v) is 2.22. The molecular weight excluding hydrogens is 206 g/mol. The van der Waals surface area contributed by atoms with Crippen LogP contribution in [0.1, 0.15) is 11.3 Å². The lowest BCUT2D eigenvalue weighted by atomic mass is 10.3. The summed E-state index contributed by atoms with van der Waals surface area (Å²) < 4.78 is 6.92. The summed E-state index contributed by atoms with van der Waals surface area (Å²) in [5.74, 6) is 0.919. The van der Waals surface area contributed by atoms with Crippen LogP contribution in [-0.4, -0.2) is 21.5 Å². The molecule has 0 aromatic carbocycles. The average Bonchev–Trinajstić information content (AvgIpc) is 2.90. The summed E-state index contributed by atoms with van der Waals surface area (Å²) in [6, 6.07) is 3.80. The highest BCUT2D eigenvalue weighted by atomic mass is 16.3. The van der Waals surface area contributed by atoms with E-state index in [9.17, 15) is 0 Å². The molecule has 0 atom stereocenters. The van der Waals surface area contributed by atoms with Gasteiger partial charge in [-0.1, -0.05) is 0 Å². The number of aliphatic hydroxyl groups is 1. The molecule has 0 spiro atoms. The number of nitrogens with one attached hydrogen (secondary N) is 1. The topological polar surface area (TPSA) is 63.2 Å². The van der Waals surface area contributed by atoms with Crippen LogP contribution in [0.4, 0.5) is 0 Å². The van der Waals surface area contributed by atoms with Gasteiger partial charge in [-0.15, -0.1) is 0 Å². The second kappa shape index (κ2) is 5.48. The van der Waals surface area contributed by atoms with E-state index in [1.165, 1.54) is 0 Å². The zero-order valence-corrected chi connectivity index (χ0v) is 8.97. The van der Waals surface area contributed by atoms with Crippen molar-refractivity contribution in [1.82, 2.24) is 15.1 Å². The third-order valence-electron chi connectivity index (χ3n) is 2.22. The summed E-state index contributed by atoms with van der Waals surface area (Å²) in [7, 11) is 0. The summed E-state index contributed by atoms with van der Waals surface area (Å²) in [5, 5.41) is 16.1. The van der Waals surface area contributed by atoms with Crippen molar-refractivity contribution in [2.75, 3.05) is 6.61 Å². The first-order valence-electron chi connectivity index (χ1n) is 5.24. The highest BCUT2D eigenvalue weighted by Crippen LogP contribution is 2.01. The molecule has 2 heterocycles. The molecule has 0 bridgehead atoms.